The third-order valence-electron chi connectivity index (χ3n) is 4.23. The lowest BCUT2D eigenvalue weighted by Crippen LogP contribution is -2.41. The van der Waals surface area contributed by atoms with Gasteiger partial charge in [0.2, 0.25) is 5.91 Å². The smallest absolute Gasteiger partial charge is 0.236 e. The van der Waals surface area contributed by atoms with Crippen molar-refractivity contribution >= 4 is 5.91 Å². The molecular formula is C13H24N2O2. The van der Waals surface area contributed by atoms with Gasteiger partial charge in [0, 0.05) is 31.7 Å². The standard InChI is InChI=1S/C13H24N2O2/c16-11-13(5-1-2-6-13)10-14-9-12(17)15-7-3-4-8-15/h14,16H,1-11H2. The van der Waals surface area contributed by atoms with E-state index < -0.39 is 0 Å². The summed E-state index contributed by atoms with van der Waals surface area (Å²) >= 11 is 0. The number of rotatable bonds is 5. The molecule has 1 saturated carbocycles. The van der Waals surface area contributed by atoms with Gasteiger partial charge >= 0.3 is 0 Å². The van der Waals surface area contributed by atoms with E-state index in [4.69, 9.17) is 0 Å². The molecule has 0 aromatic rings. The number of aliphatic hydroxyl groups is 1. The Morgan fingerprint density at radius 2 is 1.82 bits per heavy atom. The number of likely N-dealkylation sites (tertiary alicyclic amines) is 1. The van der Waals surface area contributed by atoms with Crippen molar-refractivity contribution in [1.29, 1.82) is 0 Å². The fourth-order valence-corrected chi connectivity index (χ4v) is 3.03. The minimum atomic E-state index is 0.0469. The fraction of sp³-hybridized carbons (Fsp3) is 0.923. The molecule has 0 unspecified atom stereocenters. The lowest BCUT2D eigenvalue weighted by Gasteiger charge is -2.27. The molecule has 1 aliphatic heterocycles. The maximum absolute atomic E-state index is 11.8. The second-order valence-corrected chi connectivity index (χ2v) is 5.56. The van der Waals surface area contributed by atoms with Crippen LogP contribution in [0.5, 0.6) is 0 Å². The molecule has 0 aromatic carbocycles. The highest BCUT2D eigenvalue weighted by atomic mass is 16.3. The van der Waals surface area contributed by atoms with Gasteiger partial charge in [-0.2, -0.15) is 0 Å². The second kappa shape index (κ2) is 5.83. The van der Waals surface area contributed by atoms with E-state index in [9.17, 15) is 9.90 Å². The van der Waals surface area contributed by atoms with Crippen molar-refractivity contribution in [1.82, 2.24) is 10.2 Å². The van der Waals surface area contributed by atoms with Gasteiger partial charge < -0.3 is 15.3 Å². The van der Waals surface area contributed by atoms with Gasteiger partial charge in [-0.3, -0.25) is 4.79 Å². The van der Waals surface area contributed by atoms with Crippen LogP contribution in [0.3, 0.4) is 0 Å². The maximum Gasteiger partial charge on any atom is 0.236 e. The molecule has 4 heteroatoms. The molecule has 0 radical (unpaired) electrons. The molecule has 2 rings (SSSR count). The van der Waals surface area contributed by atoms with E-state index in [1.165, 1.54) is 12.8 Å². The molecule has 0 bridgehead atoms. The average Bonchev–Trinajstić information content (AvgIpc) is 3.01. The highest BCUT2D eigenvalue weighted by molar-refractivity contribution is 5.78. The first kappa shape index (κ1) is 12.8. The minimum absolute atomic E-state index is 0.0469. The van der Waals surface area contributed by atoms with Crippen LogP contribution in [-0.2, 0) is 4.79 Å². The van der Waals surface area contributed by atoms with E-state index >= 15 is 0 Å². The van der Waals surface area contributed by atoms with Gasteiger partial charge in [-0.15, -0.1) is 0 Å². The highest BCUT2D eigenvalue weighted by Crippen LogP contribution is 2.36. The zero-order valence-corrected chi connectivity index (χ0v) is 10.6. The van der Waals surface area contributed by atoms with Crippen LogP contribution >= 0.6 is 0 Å². The van der Waals surface area contributed by atoms with E-state index in [1.807, 2.05) is 4.90 Å². The van der Waals surface area contributed by atoms with Gasteiger partial charge in [-0.25, -0.2) is 0 Å². The van der Waals surface area contributed by atoms with Crippen LogP contribution < -0.4 is 5.32 Å². The zero-order chi connectivity index (χ0) is 12.1. The lowest BCUT2D eigenvalue weighted by atomic mass is 9.87. The van der Waals surface area contributed by atoms with Crippen LogP contribution in [0.25, 0.3) is 0 Å². The summed E-state index contributed by atoms with van der Waals surface area (Å²) in [6, 6.07) is 0. The van der Waals surface area contributed by atoms with Gasteiger partial charge in [0.1, 0.15) is 0 Å². The molecule has 1 heterocycles. The summed E-state index contributed by atoms with van der Waals surface area (Å²) < 4.78 is 0. The number of carbonyl (C=O) groups excluding carboxylic acids is 1. The van der Waals surface area contributed by atoms with Gasteiger partial charge in [-0.1, -0.05) is 12.8 Å². The molecule has 2 aliphatic rings. The Balaban J connectivity index is 1.69. The number of amides is 1. The summed E-state index contributed by atoms with van der Waals surface area (Å²) in [6.07, 6.45) is 6.89. The molecule has 1 aliphatic carbocycles. The molecular weight excluding hydrogens is 216 g/mol. The van der Waals surface area contributed by atoms with Crippen molar-refractivity contribution in [2.24, 2.45) is 5.41 Å². The Bertz CT molecular complexity index is 256. The second-order valence-electron chi connectivity index (χ2n) is 5.56. The molecule has 1 amide bonds. The summed E-state index contributed by atoms with van der Waals surface area (Å²) in [7, 11) is 0. The van der Waals surface area contributed by atoms with Crippen LogP contribution in [0.1, 0.15) is 38.5 Å². The summed E-state index contributed by atoms with van der Waals surface area (Å²) in [5, 5.41) is 12.7. The molecule has 17 heavy (non-hydrogen) atoms. The monoisotopic (exact) mass is 240 g/mol. The van der Waals surface area contributed by atoms with Gasteiger partial charge in [0.25, 0.3) is 0 Å². The van der Waals surface area contributed by atoms with Gasteiger partial charge in [-0.05, 0) is 25.7 Å². The Labute approximate surface area is 103 Å². The third-order valence-corrected chi connectivity index (χ3v) is 4.23. The van der Waals surface area contributed by atoms with Gasteiger partial charge in [0.15, 0.2) is 0 Å². The van der Waals surface area contributed by atoms with Crippen LogP contribution in [0.4, 0.5) is 0 Å². The van der Waals surface area contributed by atoms with E-state index in [0.29, 0.717) is 6.54 Å². The van der Waals surface area contributed by atoms with Crippen molar-refractivity contribution in [3.8, 4) is 0 Å². The predicted molar refractivity (Wildman–Crippen MR) is 66.7 cm³/mol. The minimum Gasteiger partial charge on any atom is -0.396 e. The summed E-state index contributed by atoms with van der Waals surface area (Å²) in [5.41, 5.74) is 0.0469. The summed E-state index contributed by atoms with van der Waals surface area (Å²) in [4.78, 5) is 13.8. The van der Waals surface area contributed by atoms with Crippen LogP contribution in [-0.4, -0.2) is 48.7 Å². The predicted octanol–water partition coefficient (Wildman–Crippen LogP) is 0.751. The number of nitrogens with one attached hydrogen (secondary N) is 1. The van der Waals surface area contributed by atoms with Crippen molar-refractivity contribution in [3.05, 3.63) is 0 Å². The first-order valence-electron chi connectivity index (χ1n) is 6.85. The normalized spacial score (nSPS) is 23.2. The van der Waals surface area contributed by atoms with Crippen molar-refractivity contribution in [2.45, 2.75) is 38.5 Å². The van der Waals surface area contributed by atoms with E-state index in [1.54, 1.807) is 0 Å². The number of nitrogens with zero attached hydrogens (tertiary/aromatic N) is 1. The lowest BCUT2D eigenvalue weighted by molar-refractivity contribution is -0.129. The average molecular weight is 240 g/mol. The third kappa shape index (κ3) is 3.19. The first-order valence-corrected chi connectivity index (χ1v) is 6.85. The molecule has 98 valence electrons. The highest BCUT2D eigenvalue weighted by Gasteiger charge is 2.32. The number of hydrogen-bond donors (Lipinski definition) is 2. The van der Waals surface area contributed by atoms with Crippen LogP contribution in [0.2, 0.25) is 0 Å². The topological polar surface area (TPSA) is 52.6 Å². The fourth-order valence-electron chi connectivity index (χ4n) is 3.03. The Kier molecular flexibility index (Phi) is 4.40. The largest absolute Gasteiger partial charge is 0.396 e. The molecule has 4 nitrogen and oxygen atoms in total. The van der Waals surface area contributed by atoms with E-state index in [0.717, 1.165) is 45.3 Å². The van der Waals surface area contributed by atoms with Crippen molar-refractivity contribution < 1.29 is 9.90 Å². The van der Waals surface area contributed by atoms with E-state index in [-0.39, 0.29) is 17.9 Å². The van der Waals surface area contributed by atoms with Gasteiger partial charge in [0.05, 0.1) is 6.54 Å². The van der Waals surface area contributed by atoms with Crippen LogP contribution in [0.15, 0.2) is 0 Å². The Morgan fingerprint density at radius 1 is 1.18 bits per heavy atom. The number of hydrogen-bond acceptors (Lipinski definition) is 3. The quantitative estimate of drug-likeness (QED) is 0.745. The first-order chi connectivity index (χ1) is 8.26. The maximum atomic E-state index is 11.8. The SMILES string of the molecule is O=C(CNCC1(CO)CCCC1)N1CCCC1. The summed E-state index contributed by atoms with van der Waals surface area (Å²) in [6.45, 7) is 3.31. The number of carbonyl (C=O) groups is 1. The molecule has 0 aromatic heterocycles. The summed E-state index contributed by atoms with van der Waals surface area (Å²) in [5.74, 6) is 0.216. The van der Waals surface area contributed by atoms with Crippen molar-refractivity contribution in [2.75, 3.05) is 32.8 Å². The molecule has 1 saturated heterocycles. The molecule has 2 N–H and O–H groups in total. The molecule has 2 fully saturated rings. The van der Waals surface area contributed by atoms with E-state index in [2.05, 4.69) is 5.32 Å². The molecule has 0 spiro atoms. The molecule has 0 atom stereocenters. The Morgan fingerprint density at radius 3 is 2.41 bits per heavy atom. The number of aliphatic hydroxyl groups excluding tert-OH is 1. The Hall–Kier alpha value is -0.610. The van der Waals surface area contributed by atoms with Crippen molar-refractivity contribution in [3.63, 3.8) is 0 Å². The zero-order valence-electron chi connectivity index (χ0n) is 10.6. The van der Waals surface area contributed by atoms with Crippen LogP contribution in [0, 0.1) is 5.41 Å².